The van der Waals surface area contributed by atoms with Crippen LogP contribution in [0.3, 0.4) is 0 Å². The number of sulfonamides is 1. The van der Waals surface area contributed by atoms with Crippen LogP contribution in [0.5, 0.6) is 0 Å². The number of hydrogen-bond donors (Lipinski definition) is 1. The molecule has 0 fully saturated rings. The third-order valence-corrected chi connectivity index (χ3v) is 8.62. The highest BCUT2D eigenvalue weighted by molar-refractivity contribution is 9.10. The Morgan fingerprint density at radius 3 is 2.24 bits per heavy atom. The first-order valence-corrected chi connectivity index (χ1v) is 14.9. The summed E-state index contributed by atoms with van der Waals surface area (Å²) in [6.45, 7) is 3.74. The van der Waals surface area contributed by atoms with Crippen LogP contribution in [0.25, 0.3) is 0 Å². The van der Waals surface area contributed by atoms with Gasteiger partial charge in [0, 0.05) is 17.6 Å². The molecule has 0 saturated carbocycles. The van der Waals surface area contributed by atoms with Crippen molar-refractivity contribution in [2.75, 3.05) is 17.4 Å². The van der Waals surface area contributed by atoms with Gasteiger partial charge >= 0.3 is 0 Å². The molecule has 10 heteroatoms. The maximum atomic E-state index is 13.9. The molecule has 0 bridgehead atoms. The highest BCUT2D eigenvalue weighted by Crippen LogP contribution is 2.30. The van der Waals surface area contributed by atoms with Gasteiger partial charge in [-0.25, -0.2) is 8.42 Å². The van der Waals surface area contributed by atoms with Crippen LogP contribution in [-0.2, 0) is 26.2 Å². The molecule has 0 aromatic heterocycles. The SMILES string of the molecule is CCCCNC(=O)C(C)N(Cc1ccc(Br)cc1)C(=O)CN(c1ccccc1Cl)S(=O)(=O)c1ccccc1. The minimum absolute atomic E-state index is 0.0255. The smallest absolute Gasteiger partial charge is 0.264 e. The molecule has 0 aliphatic carbocycles. The maximum Gasteiger partial charge on any atom is 0.264 e. The van der Waals surface area contributed by atoms with E-state index < -0.39 is 28.5 Å². The number of carbonyl (C=O) groups excluding carboxylic acids is 2. The van der Waals surface area contributed by atoms with E-state index in [0.29, 0.717) is 6.54 Å². The molecule has 202 valence electrons. The fourth-order valence-corrected chi connectivity index (χ4v) is 5.80. The third kappa shape index (κ3) is 7.58. The Balaban J connectivity index is 1.99. The van der Waals surface area contributed by atoms with Gasteiger partial charge < -0.3 is 10.2 Å². The van der Waals surface area contributed by atoms with Gasteiger partial charge in [0.05, 0.1) is 15.6 Å². The van der Waals surface area contributed by atoms with Gasteiger partial charge in [-0.2, -0.15) is 0 Å². The van der Waals surface area contributed by atoms with E-state index in [2.05, 4.69) is 21.2 Å². The molecular weight excluding hydrogens is 590 g/mol. The molecule has 1 atom stereocenters. The zero-order valence-electron chi connectivity index (χ0n) is 21.3. The second-order valence-corrected chi connectivity index (χ2v) is 11.9. The van der Waals surface area contributed by atoms with Crippen LogP contribution < -0.4 is 9.62 Å². The van der Waals surface area contributed by atoms with Gasteiger partial charge in [0.1, 0.15) is 12.6 Å². The summed E-state index contributed by atoms with van der Waals surface area (Å²) in [4.78, 5) is 28.2. The van der Waals surface area contributed by atoms with E-state index in [-0.39, 0.29) is 28.1 Å². The minimum atomic E-state index is -4.15. The van der Waals surface area contributed by atoms with Gasteiger partial charge in [-0.15, -0.1) is 0 Å². The summed E-state index contributed by atoms with van der Waals surface area (Å²) >= 11 is 9.81. The van der Waals surface area contributed by atoms with Crippen LogP contribution in [0.15, 0.2) is 88.2 Å². The Bertz CT molecular complexity index is 1340. The molecule has 38 heavy (non-hydrogen) atoms. The van der Waals surface area contributed by atoms with Gasteiger partial charge in [0.15, 0.2) is 0 Å². The predicted molar refractivity (Wildman–Crippen MR) is 154 cm³/mol. The zero-order chi connectivity index (χ0) is 27.7. The molecular formula is C28H31BrClN3O4S. The molecule has 3 rings (SSSR count). The summed E-state index contributed by atoms with van der Waals surface area (Å²) < 4.78 is 29.3. The number of rotatable bonds is 12. The first kappa shape index (κ1) is 29.7. The largest absolute Gasteiger partial charge is 0.354 e. The van der Waals surface area contributed by atoms with Crippen molar-refractivity contribution in [3.63, 3.8) is 0 Å². The van der Waals surface area contributed by atoms with E-state index in [4.69, 9.17) is 11.6 Å². The normalized spacial score (nSPS) is 12.0. The Hall–Kier alpha value is -2.88. The second-order valence-electron chi connectivity index (χ2n) is 8.74. The Labute approximate surface area is 238 Å². The Kier molecular flexibility index (Phi) is 10.8. The molecule has 3 aromatic carbocycles. The van der Waals surface area contributed by atoms with Gasteiger partial charge in [0.25, 0.3) is 10.0 Å². The van der Waals surface area contributed by atoms with Gasteiger partial charge in [-0.1, -0.05) is 83.3 Å². The highest BCUT2D eigenvalue weighted by atomic mass is 79.9. The lowest BCUT2D eigenvalue weighted by molar-refractivity contribution is -0.139. The molecule has 3 aromatic rings. The second kappa shape index (κ2) is 13.8. The fraction of sp³-hybridized carbons (Fsp3) is 0.286. The number of benzene rings is 3. The number of hydrogen-bond acceptors (Lipinski definition) is 4. The van der Waals surface area contributed by atoms with Gasteiger partial charge in [-0.3, -0.25) is 13.9 Å². The molecule has 0 radical (unpaired) electrons. The average Bonchev–Trinajstić information content (AvgIpc) is 2.92. The first-order valence-electron chi connectivity index (χ1n) is 12.3. The first-order chi connectivity index (χ1) is 18.1. The lowest BCUT2D eigenvalue weighted by Crippen LogP contribution is -2.51. The molecule has 7 nitrogen and oxygen atoms in total. The summed E-state index contributed by atoms with van der Waals surface area (Å²) in [5.74, 6) is -0.843. The third-order valence-electron chi connectivity index (χ3n) is 5.99. The fourth-order valence-electron chi connectivity index (χ4n) is 3.79. The Morgan fingerprint density at radius 2 is 1.61 bits per heavy atom. The van der Waals surface area contributed by atoms with E-state index in [1.54, 1.807) is 49.4 Å². The zero-order valence-corrected chi connectivity index (χ0v) is 24.5. The van der Waals surface area contributed by atoms with Crippen LogP contribution in [0.2, 0.25) is 5.02 Å². The number of halogens is 2. The van der Waals surface area contributed by atoms with Crippen LogP contribution in [0.4, 0.5) is 5.69 Å². The van der Waals surface area contributed by atoms with Crippen molar-refractivity contribution in [1.82, 2.24) is 10.2 Å². The number of anilines is 1. The molecule has 0 aliphatic heterocycles. The van der Waals surface area contributed by atoms with E-state index in [1.165, 1.54) is 17.0 Å². The standard InChI is InChI=1S/C28H31BrClN3O4S/c1-3-4-18-31-28(35)21(2)32(19-22-14-16-23(29)17-15-22)27(34)20-33(26-13-9-8-12-25(26)30)38(36,37)24-10-6-5-7-11-24/h5-17,21H,3-4,18-20H2,1-2H3,(H,31,35). The predicted octanol–water partition coefficient (Wildman–Crippen LogP) is 5.63. The lowest BCUT2D eigenvalue weighted by atomic mass is 10.1. The van der Waals surface area contributed by atoms with Crippen molar-refractivity contribution in [3.8, 4) is 0 Å². The molecule has 1 N–H and O–H groups in total. The van der Waals surface area contributed by atoms with E-state index in [1.807, 2.05) is 31.2 Å². The number of nitrogens with one attached hydrogen (secondary N) is 1. The van der Waals surface area contributed by atoms with Crippen molar-refractivity contribution < 1.29 is 18.0 Å². The number of nitrogens with zero attached hydrogens (tertiary/aromatic N) is 2. The summed E-state index contributed by atoms with van der Waals surface area (Å²) in [6, 6.07) is 20.9. The van der Waals surface area contributed by atoms with Gasteiger partial charge in [0.2, 0.25) is 11.8 Å². The van der Waals surface area contributed by atoms with Crippen LogP contribution in [0.1, 0.15) is 32.3 Å². The average molecular weight is 621 g/mol. The topological polar surface area (TPSA) is 86.8 Å². The van der Waals surface area contributed by atoms with Crippen molar-refractivity contribution in [2.45, 2.75) is 44.2 Å². The summed E-state index contributed by atoms with van der Waals surface area (Å²) in [5.41, 5.74) is 0.972. The minimum Gasteiger partial charge on any atom is -0.354 e. The van der Waals surface area contributed by atoms with Crippen LogP contribution in [0, 0.1) is 0 Å². The van der Waals surface area contributed by atoms with Crippen molar-refractivity contribution >= 4 is 55.1 Å². The van der Waals surface area contributed by atoms with Gasteiger partial charge in [-0.05, 0) is 55.3 Å². The highest BCUT2D eigenvalue weighted by Gasteiger charge is 2.33. The molecule has 0 spiro atoms. The number of unbranched alkanes of at least 4 members (excludes halogenated alkanes) is 1. The lowest BCUT2D eigenvalue weighted by Gasteiger charge is -2.32. The molecule has 0 saturated heterocycles. The monoisotopic (exact) mass is 619 g/mol. The van der Waals surface area contributed by atoms with E-state index in [0.717, 1.165) is 27.2 Å². The molecule has 0 heterocycles. The van der Waals surface area contributed by atoms with Crippen molar-refractivity contribution in [3.05, 3.63) is 93.9 Å². The van der Waals surface area contributed by atoms with Crippen molar-refractivity contribution in [2.24, 2.45) is 0 Å². The maximum absolute atomic E-state index is 13.9. The molecule has 0 aliphatic rings. The van der Waals surface area contributed by atoms with Crippen LogP contribution in [-0.4, -0.2) is 44.3 Å². The number of para-hydroxylation sites is 1. The van der Waals surface area contributed by atoms with Crippen molar-refractivity contribution in [1.29, 1.82) is 0 Å². The van der Waals surface area contributed by atoms with Crippen LogP contribution >= 0.6 is 27.5 Å². The summed E-state index contributed by atoms with van der Waals surface area (Å²) in [7, 11) is -4.15. The van der Waals surface area contributed by atoms with E-state index >= 15 is 0 Å². The Morgan fingerprint density at radius 1 is 0.974 bits per heavy atom. The summed E-state index contributed by atoms with van der Waals surface area (Å²) in [5, 5.41) is 3.06. The molecule has 2 amide bonds. The number of amides is 2. The molecule has 1 unspecified atom stereocenters. The number of carbonyl (C=O) groups is 2. The quantitative estimate of drug-likeness (QED) is 0.266. The summed E-state index contributed by atoms with van der Waals surface area (Å²) in [6.07, 6.45) is 1.73. The van der Waals surface area contributed by atoms with E-state index in [9.17, 15) is 18.0 Å².